The summed E-state index contributed by atoms with van der Waals surface area (Å²) in [6.45, 7) is 2.57. The molecule has 1 atom stereocenters. The van der Waals surface area contributed by atoms with Crippen LogP contribution >= 0.6 is 0 Å². The van der Waals surface area contributed by atoms with Gasteiger partial charge in [0.15, 0.2) is 5.82 Å². The molecule has 174 valence electrons. The molecule has 3 aliphatic rings. The van der Waals surface area contributed by atoms with Crippen LogP contribution in [0.25, 0.3) is 0 Å². The minimum absolute atomic E-state index is 0.104. The first kappa shape index (κ1) is 21.9. The number of benzene rings is 1. The van der Waals surface area contributed by atoms with Crippen LogP contribution in [0.3, 0.4) is 0 Å². The smallest absolute Gasteiger partial charge is 0.324 e. The topological polar surface area (TPSA) is 68.8 Å². The van der Waals surface area contributed by atoms with Gasteiger partial charge in [-0.3, -0.25) is 4.79 Å². The molecule has 1 saturated carbocycles. The highest BCUT2D eigenvalue weighted by Gasteiger charge is 2.35. The standard InChI is InChI=1S/C26H33N5O2/c1-29(20-9-2-3-10-20)17-14-19-8-7-16-30(18-19)26(33)31-23-13-5-4-11-21(23)25(32)28-22-12-6-15-27-24(22)31/h4-6,11-13,15,19-20H,2-3,7-10,14,16-18H2,1H3,(H,28,32). The van der Waals surface area contributed by atoms with E-state index in [-0.39, 0.29) is 11.9 Å². The number of aromatic nitrogens is 1. The molecule has 2 aromatic rings. The first-order valence-electron chi connectivity index (χ1n) is 12.3. The third-order valence-corrected chi connectivity index (χ3v) is 7.46. The lowest BCUT2D eigenvalue weighted by molar-refractivity contribution is 0.102. The normalized spacial score (nSPS) is 20.9. The molecule has 0 spiro atoms. The summed E-state index contributed by atoms with van der Waals surface area (Å²) in [5.41, 5.74) is 1.62. The summed E-state index contributed by atoms with van der Waals surface area (Å²) in [5, 5.41) is 2.92. The summed E-state index contributed by atoms with van der Waals surface area (Å²) >= 11 is 0. The summed E-state index contributed by atoms with van der Waals surface area (Å²) in [6, 6.07) is 11.5. The van der Waals surface area contributed by atoms with Gasteiger partial charge >= 0.3 is 6.03 Å². The van der Waals surface area contributed by atoms with Gasteiger partial charge in [0.2, 0.25) is 0 Å². The fourth-order valence-electron chi connectivity index (χ4n) is 5.56. The van der Waals surface area contributed by atoms with E-state index in [1.807, 2.05) is 23.1 Å². The molecule has 1 saturated heterocycles. The molecule has 7 heteroatoms. The van der Waals surface area contributed by atoms with Crippen LogP contribution in [0.15, 0.2) is 42.6 Å². The van der Waals surface area contributed by atoms with E-state index < -0.39 is 0 Å². The van der Waals surface area contributed by atoms with Crippen molar-refractivity contribution in [2.24, 2.45) is 5.92 Å². The Labute approximate surface area is 195 Å². The zero-order valence-corrected chi connectivity index (χ0v) is 19.4. The highest BCUT2D eigenvalue weighted by molar-refractivity contribution is 6.16. The van der Waals surface area contributed by atoms with Crippen LogP contribution in [-0.4, -0.2) is 59.4 Å². The van der Waals surface area contributed by atoms with Gasteiger partial charge in [-0.15, -0.1) is 0 Å². The molecule has 1 aromatic heterocycles. The maximum absolute atomic E-state index is 13.9. The van der Waals surface area contributed by atoms with Crippen molar-refractivity contribution in [1.82, 2.24) is 14.8 Å². The predicted molar refractivity (Wildman–Crippen MR) is 130 cm³/mol. The number of carbonyl (C=O) groups is 2. The largest absolute Gasteiger partial charge is 0.330 e. The van der Waals surface area contributed by atoms with Gasteiger partial charge in [-0.25, -0.2) is 14.7 Å². The predicted octanol–water partition coefficient (Wildman–Crippen LogP) is 4.88. The van der Waals surface area contributed by atoms with E-state index in [1.165, 1.54) is 25.7 Å². The van der Waals surface area contributed by atoms with E-state index in [2.05, 4.69) is 22.2 Å². The van der Waals surface area contributed by atoms with E-state index in [9.17, 15) is 9.59 Å². The lowest BCUT2D eigenvalue weighted by Gasteiger charge is -2.37. The van der Waals surface area contributed by atoms with Gasteiger partial charge in [-0.05, 0) is 75.9 Å². The van der Waals surface area contributed by atoms with Crippen molar-refractivity contribution in [2.75, 3.05) is 36.9 Å². The highest BCUT2D eigenvalue weighted by Crippen LogP contribution is 2.37. The van der Waals surface area contributed by atoms with Crippen LogP contribution in [0.1, 0.15) is 55.3 Å². The molecular formula is C26H33N5O2. The molecule has 3 amide bonds. The van der Waals surface area contributed by atoms with E-state index in [0.717, 1.165) is 44.9 Å². The Balaban J connectivity index is 1.35. The second-order valence-electron chi connectivity index (χ2n) is 9.63. The summed E-state index contributed by atoms with van der Waals surface area (Å²) in [6.07, 6.45) is 10.3. The molecular weight excluding hydrogens is 414 g/mol. The second-order valence-corrected chi connectivity index (χ2v) is 9.63. The molecule has 1 N–H and O–H groups in total. The highest BCUT2D eigenvalue weighted by atomic mass is 16.2. The van der Waals surface area contributed by atoms with Gasteiger partial charge in [0.1, 0.15) is 0 Å². The number of carbonyl (C=O) groups excluding carboxylic acids is 2. The van der Waals surface area contributed by atoms with Gasteiger partial charge in [0, 0.05) is 25.3 Å². The Morgan fingerprint density at radius 2 is 1.94 bits per heavy atom. The van der Waals surface area contributed by atoms with Crippen LogP contribution in [0.5, 0.6) is 0 Å². The van der Waals surface area contributed by atoms with Gasteiger partial charge in [-0.2, -0.15) is 0 Å². The van der Waals surface area contributed by atoms with Crippen molar-refractivity contribution in [2.45, 2.75) is 51.0 Å². The number of fused-ring (bicyclic) bond motifs is 2. The van der Waals surface area contributed by atoms with Gasteiger partial charge in [0.05, 0.1) is 16.9 Å². The molecule has 33 heavy (non-hydrogen) atoms. The number of hydrogen-bond donors (Lipinski definition) is 1. The summed E-state index contributed by atoms with van der Waals surface area (Å²) in [5.74, 6) is 0.752. The number of nitrogens with zero attached hydrogens (tertiary/aromatic N) is 4. The van der Waals surface area contributed by atoms with Crippen LogP contribution in [0.2, 0.25) is 0 Å². The zero-order chi connectivity index (χ0) is 22.8. The van der Waals surface area contributed by atoms with Crippen LogP contribution < -0.4 is 10.2 Å². The lowest BCUT2D eigenvalue weighted by Crippen LogP contribution is -2.47. The monoisotopic (exact) mass is 447 g/mol. The summed E-state index contributed by atoms with van der Waals surface area (Å²) < 4.78 is 0. The minimum atomic E-state index is -0.221. The maximum Gasteiger partial charge on any atom is 0.330 e. The fourth-order valence-corrected chi connectivity index (χ4v) is 5.56. The zero-order valence-electron chi connectivity index (χ0n) is 19.4. The number of urea groups is 1. The second kappa shape index (κ2) is 9.51. The Morgan fingerprint density at radius 3 is 2.79 bits per heavy atom. The van der Waals surface area contributed by atoms with Crippen molar-refractivity contribution < 1.29 is 9.59 Å². The third kappa shape index (κ3) is 4.47. The molecule has 0 radical (unpaired) electrons. The third-order valence-electron chi connectivity index (χ3n) is 7.46. The fraction of sp³-hybridized carbons (Fsp3) is 0.500. The number of hydrogen-bond acceptors (Lipinski definition) is 4. The number of para-hydroxylation sites is 1. The number of rotatable bonds is 4. The SMILES string of the molecule is CN(CCC1CCCN(C(=O)N2c3ccccc3C(=O)Nc3cccnc32)C1)C1CCCC1. The Kier molecular flexibility index (Phi) is 6.31. The van der Waals surface area contributed by atoms with Crippen molar-refractivity contribution in [3.8, 4) is 0 Å². The number of pyridine rings is 1. The van der Waals surface area contributed by atoms with E-state index in [0.29, 0.717) is 28.7 Å². The Morgan fingerprint density at radius 1 is 1.12 bits per heavy atom. The number of nitrogens with one attached hydrogen (secondary N) is 1. The summed E-state index contributed by atoms with van der Waals surface area (Å²) in [7, 11) is 2.25. The molecule has 1 aromatic carbocycles. The molecule has 2 fully saturated rings. The van der Waals surface area contributed by atoms with E-state index >= 15 is 0 Å². The van der Waals surface area contributed by atoms with Crippen LogP contribution in [0.4, 0.5) is 22.0 Å². The van der Waals surface area contributed by atoms with Crippen LogP contribution in [-0.2, 0) is 0 Å². The quantitative estimate of drug-likeness (QED) is 0.725. The maximum atomic E-state index is 13.9. The van der Waals surface area contributed by atoms with Crippen LogP contribution in [0, 0.1) is 5.92 Å². The number of likely N-dealkylation sites (tertiary alicyclic amines) is 1. The van der Waals surface area contributed by atoms with E-state index in [1.54, 1.807) is 29.3 Å². The number of piperidine rings is 1. The Bertz CT molecular complexity index is 1020. The van der Waals surface area contributed by atoms with Crippen molar-refractivity contribution in [3.63, 3.8) is 0 Å². The van der Waals surface area contributed by atoms with Gasteiger partial charge < -0.3 is 15.1 Å². The van der Waals surface area contributed by atoms with Crippen molar-refractivity contribution in [3.05, 3.63) is 48.2 Å². The van der Waals surface area contributed by atoms with E-state index in [4.69, 9.17) is 0 Å². The molecule has 5 rings (SSSR count). The number of amides is 3. The Hall–Kier alpha value is -2.93. The minimum Gasteiger partial charge on any atom is -0.324 e. The van der Waals surface area contributed by atoms with Gasteiger partial charge in [0.25, 0.3) is 5.91 Å². The first-order valence-corrected chi connectivity index (χ1v) is 12.3. The van der Waals surface area contributed by atoms with Crippen molar-refractivity contribution >= 4 is 29.1 Å². The average Bonchev–Trinajstić information content (AvgIpc) is 3.35. The average molecular weight is 448 g/mol. The molecule has 1 aliphatic carbocycles. The molecule has 3 heterocycles. The molecule has 1 unspecified atom stereocenters. The number of anilines is 3. The molecule has 2 aliphatic heterocycles. The summed E-state index contributed by atoms with van der Waals surface area (Å²) in [4.78, 5) is 37.3. The van der Waals surface area contributed by atoms with Gasteiger partial charge in [-0.1, -0.05) is 25.0 Å². The molecule has 7 nitrogen and oxygen atoms in total. The van der Waals surface area contributed by atoms with Crippen molar-refractivity contribution in [1.29, 1.82) is 0 Å². The first-order chi connectivity index (χ1) is 16.1. The molecule has 0 bridgehead atoms. The lowest BCUT2D eigenvalue weighted by atomic mass is 9.94.